The van der Waals surface area contributed by atoms with E-state index in [-0.39, 0.29) is 0 Å². The van der Waals surface area contributed by atoms with Crippen LogP contribution in [0.25, 0.3) is 21.7 Å². The van der Waals surface area contributed by atoms with Gasteiger partial charge in [0.05, 0.1) is 17.1 Å². The Morgan fingerprint density at radius 1 is 0.697 bits per heavy atom. The van der Waals surface area contributed by atoms with Crippen LogP contribution in [-0.2, 0) is 6.54 Å². The zero-order valence-electron chi connectivity index (χ0n) is 18.4. The molecule has 0 amide bonds. The fraction of sp³-hybridized carbons (Fsp3) is 0.0690. The lowest BCUT2D eigenvalue weighted by atomic mass is 10.1. The summed E-state index contributed by atoms with van der Waals surface area (Å²) < 4.78 is 0. The highest BCUT2D eigenvalue weighted by molar-refractivity contribution is 7.98. The van der Waals surface area contributed by atoms with Crippen molar-refractivity contribution in [2.75, 3.05) is 11.2 Å². The summed E-state index contributed by atoms with van der Waals surface area (Å²) in [6.07, 6.45) is 2.11. The van der Waals surface area contributed by atoms with Crippen LogP contribution in [0.15, 0.2) is 120 Å². The molecule has 0 aliphatic carbocycles. The van der Waals surface area contributed by atoms with Crippen LogP contribution in [0.4, 0.5) is 10.8 Å². The van der Waals surface area contributed by atoms with Crippen LogP contribution in [0.3, 0.4) is 0 Å². The molecule has 0 aliphatic heterocycles. The van der Waals surface area contributed by atoms with Gasteiger partial charge in [0, 0.05) is 16.1 Å². The Kier molecular flexibility index (Phi) is 6.56. The van der Waals surface area contributed by atoms with Crippen LogP contribution in [0, 0.1) is 0 Å². The number of anilines is 2. The molecule has 1 heterocycles. The number of hydrogen-bond acceptors (Lipinski definition) is 4. The maximum Gasteiger partial charge on any atom is 0.191 e. The number of aromatic nitrogens is 1. The normalized spacial score (nSPS) is 10.8. The van der Waals surface area contributed by atoms with E-state index in [9.17, 15) is 0 Å². The minimum absolute atomic E-state index is 0.759. The summed E-state index contributed by atoms with van der Waals surface area (Å²) in [5.74, 6) is 0. The van der Waals surface area contributed by atoms with Crippen LogP contribution >= 0.6 is 23.1 Å². The lowest BCUT2D eigenvalue weighted by Crippen LogP contribution is -2.16. The molecule has 162 valence electrons. The molecule has 5 rings (SSSR count). The fourth-order valence-electron chi connectivity index (χ4n) is 3.79. The van der Waals surface area contributed by atoms with Gasteiger partial charge >= 0.3 is 0 Å². The molecule has 5 aromatic rings. The van der Waals surface area contributed by atoms with Crippen LogP contribution in [-0.4, -0.2) is 11.2 Å². The SMILES string of the molecule is CSc1ccc(CN(c2ccccc2)c2nc(-c3ccccc3)c(-c3ccccc3)s2)cc1. The summed E-state index contributed by atoms with van der Waals surface area (Å²) in [6.45, 7) is 0.759. The Balaban J connectivity index is 1.62. The largest absolute Gasteiger partial charge is 0.313 e. The van der Waals surface area contributed by atoms with Crippen LogP contribution in [0.1, 0.15) is 5.56 Å². The van der Waals surface area contributed by atoms with Crippen molar-refractivity contribution >= 4 is 33.9 Å². The number of rotatable bonds is 7. The third-order valence-electron chi connectivity index (χ3n) is 5.50. The fourth-order valence-corrected chi connectivity index (χ4v) is 5.31. The average Bonchev–Trinajstić information content (AvgIpc) is 3.34. The lowest BCUT2D eigenvalue weighted by Gasteiger charge is -2.22. The minimum Gasteiger partial charge on any atom is -0.313 e. The maximum absolute atomic E-state index is 5.20. The van der Waals surface area contributed by atoms with Gasteiger partial charge in [-0.15, -0.1) is 11.8 Å². The third-order valence-corrected chi connectivity index (χ3v) is 7.37. The van der Waals surface area contributed by atoms with Crippen molar-refractivity contribution < 1.29 is 0 Å². The molecular weight excluding hydrogens is 440 g/mol. The third kappa shape index (κ3) is 4.87. The van der Waals surface area contributed by atoms with Gasteiger partial charge in [-0.3, -0.25) is 0 Å². The Morgan fingerprint density at radius 3 is 1.88 bits per heavy atom. The summed E-state index contributed by atoms with van der Waals surface area (Å²) in [6, 6.07) is 40.4. The highest BCUT2D eigenvalue weighted by Gasteiger charge is 2.20. The van der Waals surface area contributed by atoms with E-state index in [1.54, 1.807) is 23.1 Å². The summed E-state index contributed by atoms with van der Waals surface area (Å²) in [4.78, 5) is 9.99. The zero-order valence-corrected chi connectivity index (χ0v) is 20.0. The predicted octanol–water partition coefficient (Wildman–Crippen LogP) is 8.54. The Hall–Kier alpha value is -3.34. The number of benzene rings is 4. The Bertz CT molecular complexity index is 1240. The topological polar surface area (TPSA) is 16.1 Å². The number of para-hydroxylation sites is 1. The van der Waals surface area contributed by atoms with Crippen LogP contribution in [0.2, 0.25) is 0 Å². The summed E-state index contributed by atoms with van der Waals surface area (Å²) in [5, 5.41) is 0.993. The van der Waals surface area contributed by atoms with E-state index in [2.05, 4.69) is 120 Å². The Labute approximate surface area is 203 Å². The lowest BCUT2D eigenvalue weighted by molar-refractivity contribution is 0.964. The van der Waals surface area contributed by atoms with Gasteiger partial charge < -0.3 is 4.90 Å². The highest BCUT2D eigenvalue weighted by Crippen LogP contribution is 2.42. The summed E-state index contributed by atoms with van der Waals surface area (Å²) in [7, 11) is 0. The highest BCUT2D eigenvalue weighted by atomic mass is 32.2. The molecular formula is C29H24N2S2. The molecule has 0 aliphatic rings. The van der Waals surface area contributed by atoms with Gasteiger partial charge in [0.2, 0.25) is 0 Å². The second kappa shape index (κ2) is 10.1. The number of hydrogen-bond donors (Lipinski definition) is 0. The second-order valence-electron chi connectivity index (χ2n) is 7.68. The molecule has 1 aromatic heterocycles. The summed E-state index contributed by atoms with van der Waals surface area (Å²) >= 11 is 3.51. The second-order valence-corrected chi connectivity index (χ2v) is 9.53. The first-order valence-electron chi connectivity index (χ1n) is 10.9. The maximum atomic E-state index is 5.20. The first-order chi connectivity index (χ1) is 16.3. The molecule has 0 fully saturated rings. The van der Waals surface area contributed by atoms with E-state index in [1.165, 1.54) is 20.9 Å². The molecule has 0 bridgehead atoms. The van der Waals surface area contributed by atoms with Crippen LogP contribution < -0.4 is 4.90 Å². The average molecular weight is 465 g/mol. The van der Waals surface area contributed by atoms with Gasteiger partial charge in [-0.2, -0.15) is 0 Å². The van der Waals surface area contributed by atoms with E-state index < -0.39 is 0 Å². The minimum atomic E-state index is 0.759. The molecule has 0 N–H and O–H groups in total. The molecule has 4 aromatic carbocycles. The molecule has 0 atom stereocenters. The van der Waals surface area contributed by atoms with Gasteiger partial charge in [-0.1, -0.05) is 102 Å². The monoisotopic (exact) mass is 464 g/mol. The predicted molar refractivity (Wildman–Crippen MR) is 143 cm³/mol. The van der Waals surface area contributed by atoms with Gasteiger partial charge in [0.25, 0.3) is 0 Å². The van der Waals surface area contributed by atoms with E-state index in [0.717, 1.165) is 28.6 Å². The van der Waals surface area contributed by atoms with Crippen molar-refractivity contribution in [2.45, 2.75) is 11.4 Å². The van der Waals surface area contributed by atoms with E-state index in [4.69, 9.17) is 4.98 Å². The molecule has 4 heteroatoms. The van der Waals surface area contributed by atoms with Gasteiger partial charge in [0.15, 0.2) is 5.13 Å². The van der Waals surface area contributed by atoms with Gasteiger partial charge in [-0.25, -0.2) is 4.98 Å². The molecule has 0 spiro atoms. The Morgan fingerprint density at radius 2 is 1.27 bits per heavy atom. The molecule has 0 unspecified atom stereocenters. The first-order valence-corrected chi connectivity index (χ1v) is 12.9. The van der Waals surface area contributed by atoms with Crippen LogP contribution in [0.5, 0.6) is 0 Å². The van der Waals surface area contributed by atoms with Gasteiger partial charge in [-0.05, 0) is 41.6 Å². The molecule has 2 nitrogen and oxygen atoms in total. The molecule has 33 heavy (non-hydrogen) atoms. The molecule has 0 radical (unpaired) electrons. The first kappa shape index (κ1) is 21.5. The van der Waals surface area contributed by atoms with Crippen molar-refractivity contribution in [3.8, 4) is 21.7 Å². The summed E-state index contributed by atoms with van der Waals surface area (Å²) in [5.41, 5.74) is 5.75. The van der Waals surface area contributed by atoms with Crippen molar-refractivity contribution in [3.05, 3.63) is 121 Å². The zero-order chi connectivity index (χ0) is 22.5. The number of nitrogens with zero attached hydrogens (tertiary/aromatic N) is 2. The standard InChI is InChI=1S/C29H24N2S2/c1-32-26-19-17-22(18-20-26)21-31(25-15-9-4-10-16-25)29-30-27(23-11-5-2-6-12-23)28(33-29)24-13-7-3-8-14-24/h2-20H,21H2,1H3. The molecule has 0 saturated carbocycles. The number of thiazole rings is 1. The van der Waals surface area contributed by atoms with Crippen molar-refractivity contribution in [2.24, 2.45) is 0 Å². The molecule has 0 saturated heterocycles. The van der Waals surface area contributed by atoms with Crippen molar-refractivity contribution in [1.82, 2.24) is 4.98 Å². The van der Waals surface area contributed by atoms with E-state index in [1.807, 2.05) is 6.07 Å². The van der Waals surface area contributed by atoms with Crippen molar-refractivity contribution in [3.63, 3.8) is 0 Å². The number of thioether (sulfide) groups is 1. The van der Waals surface area contributed by atoms with Gasteiger partial charge in [0.1, 0.15) is 0 Å². The smallest absolute Gasteiger partial charge is 0.191 e. The van der Waals surface area contributed by atoms with E-state index >= 15 is 0 Å². The quantitative estimate of drug-likeness (QED) is 0.225. The van der Waals surface area contributed by atoms with E-state index in [0.29, 0.717) is 0 Å². The van der Waals surface area contributed by atoms with Crippen molar-refractivity contribution in [1.29, 1.82) is 0 Å².